The van der Waals surface area contributed by atoms with E-state index in [2.05, 4.69) is 39.0 Å². The first-order chi connectivity index (χ1) is 10.0. The van der Waals surface area contributed by atoms with Crippen molar-refractivity contribution in [2.45, 2.75) is 26.4 Å². The number of ether oxygens (including phenoxy) is 1. The van der Waals surface area contributed by atoms with E-state index < -0.39 is 5.60 Å². The maximum Gasteiger partial charge on any atom is 0.134 e. The van der Waals surface area contributed by atoms with Crippen molar-refractivity contribution in [3.8, 4) is 0 Å². The molecule has 2 nitrogen and oxygen atoms in total. The summed E-state index contributed by atoms with van der Waals surface area (Å²) in [6, 6.07) is 16.3. The van der Waals surface area contributed by atoms with Crippen molar-refractivity contribution < 1.29 is 9.84 Å². The first-order valence-corrected chi connectivity index (χ1v) is 7.23. The number of hydrogen-bond donors (Lipinski definition) is 1. The predicted octanol–water partition coefficient (Wildman–Crippen LogP) is 4.12. The lowest BCUT2D eigenvalue weighted by Crippen LogP contribution is -2.27. The van der Waals surface area contributed by atoms with Gasteiger partial charge in [-0.3, -0.25) is 0 Å². The van der Waals surface area contributed by atoms with Crippen molar-refractivity contribution >= 4 is 11.3 Å². The fourth-order valence-electron chi connectivity index (χ4n) is 2.97. The summed E-state index contributed by atoms with van der Waals surface area (Å²) in [7, 11) is 0. The van der Waals surface area contributed by atoms with E-state index >= 15 is 0 Å². The molecule has 0 aliphatic carbocycles. The Hall–Kier alpha value is -2.06. The van der Waals surface area contributed by atoms with E-state index in [9.17, 15) is 5.11 Å². The van der Waals surface area contributed by atoms with Gasteiger partial charge in [0, 0.05) is 16.7 Å². The Morgan fingerprint density at radius 2 is 1.57 bits per heavy atom. The van der Waals surface area contributed by atoms with Gasteiger partial charge in [0.2, 0.25) is 0 Å². The van der Waals surface area contributed by atoms with Crippen molar-refractivity contribution in [1.82, 2.24) is 0 Å². The third kappa shape index (κ3) is 2.26. The molecule has 108 valence electrons. The van der Waals surface area contributed by atoms with E-state index in [1.54, 1.807) is 0 Å². The van der Waals surface area contributed by atoms with E-state index in [1.165, 1.54) is 0 Å². The molecule has 1 aliphatic rings. The highest BCUT2D eigenvalue weighted by atomic mass is 16.5. The van der Waals surface area contributed by atoms with Crippen LogP contribution in [0.15, 0.2) is 48.5 Å². The van der Waals surface area contributed by atoms with Gasteiger partial charge in [-0.25, -0.2) is 0 Å². The molecule has 2 aromatic rings. The first kappa shape index (κ1) is 13.9. The Kier molecular flexibility index (Phi) is 3.34. The quantitative estimate of drug-likeness (QED) is 0.896. The van der Waals surface area contributed by atoms with Crippen LogP contribution >= 0.6 is 0 Å². The molecule has 0 radical (unpaired) electrons. The summed E-state index contributed by atoms with van der Waals surface area (Å²) in [4.78, 5) is 0. The van der Waals surface area contributed by atoms with Gasteiger partial charge in [0.25, 0.3) is 0 Å². The standard InChI is InChI=1S/C19H20O2/c1-13-8-4-5-9-14(13)18-16(12-20)15-10-6-7-11-17(15)19(2,3)21-18/h4-11,20H,12H2,1-3H3. The normalized spacial score (nSPS) is 16.4. The SMILES string of the molecule is Cc1ccccc1C1=C(CO)c2ccccc2C(C)(C)O1. The lowest BCUT2D eigenvalue weighted by atomic mass is 9.85. The van der Waals surface area contributed by atoms with Gasteiger partial charge < -0.3 is 9.84 Å². The molecule has 0 saturated carbocycles. The molecule has 1 N–H and O–H groups in total. The van der Waals surface area contributed by atoms with Crippen LogP contribution in [0.4, 0.5) is 0 Å². The summed E-state index contributed by atoms with van der Waals surface area (Å²) in [6.07, 6.45) is 0. The van der Waals surface area contributed by atoms with Gasteiger partial charge in [-0.15, -0.1) is 0 Å². The zero-order valence-corrected chi connectivity index (χ0v) is 12.7. The highest BCUT2D eigenvalue weighted by molar-refractivity contribution is 5.91. The minimum Gasteiger partial charge on any atom is -0.482 e. The molecule has 0 unspecified atom stereocenters. The van der Waals surface area contributed by atoms with E-state index in [4.69, 9.17) is 4.74 Å². The summed E-state index contributed by atoms with van der Waals surface area (Å²) in [6.45, 7) is 6.17. The number of aliphatic hydroxyl groups excluding tert-OH is 1. The van der Waals surface area contributed by atoms with Crippen molar-refractivity contribution in [2.24, 2.45) is 0 Å². The Bertz CT molecular complexity index is 711. The predicted molar refractivity (Wildman–Crippen MR) is 85.6 cm³/mol. The number of aliphatic hydroxyl groups is 1. The van der Waals surface area contributed by atoms with Crippen LogP contribution < -0.4 is 0 Å². The second-order valence-corrected chi connectivity index (χ2v) is 5.94. The van der Waals surface area contributed by atoms with Crippen LogP contribution in [0.3, 0.4) is 0 Å². The molecular formula is C19H20O2. The van der Waals surface area contributed by atoms with Crippen LogP contribution in [0, 0.1) is 6.92 Å². The smallest absolute Gasteiger partial charge is 0.134 e. The van der Waals surface area contributed by atoms with Gasteiger partial charge in [0.05, 0.1) is 6.61 Å². The van der Waals surface area contributed by atoms with E-state index in [0.717, 1.165) is 33.6 Å². The van der Waals surface area contributed by atoms with E-state index in [-0.39, 0.29) is 6.61 Å². The third-order valence-corrected chi connectivity index (χ3v) is 4.08. The van der Waals surface area contributed by atoms with Gasteiger partial charge in [0.1, 0.15) is 11.4 Å². The monoisotopic (exact) mass is 280 g/mol. The third-order valence-electron chi connectivity index (χ3n) is 4.08. The molecule has 0 fully saturated rings. The molecule has 0 aromatic heterocycles. The Morgan fingerprint density at radius 3 is 2.24 bits per heavy atom. The van der Waals surface area contributed by atoms with Crippen LogP contribution in [-0.4, -0.2) is 11.7 Å². The lowest BCUT2D eigenvalue weighted by molar-refractivity contribution is 0.0709. The molecule has 1 heterocycles. The van der Waals surface area contributed by atoms with Crippen molar-refractivity contribution in [2.75, 3.05) is 6.61 Å². The average molecular weight is 280 g/mol. The van der Waals surface area contributed by atoms with Crippen molar-refractivity contribution in [3.05, 3.63) is 70.8 Å². The maximum absolute atomic E-state index is 9.89. The summed E-state index contributed by atoms with van der Waals surface area (Å²) < 4.78 is 6.29. The largest absolute Gasteiger partial charge is 0.482 e. The number of benzene rings is 2. The number of rotatable bonds is 2. The van der Waals surface area contributed by atoms with Crippen LogP contribution in [0.5, 0.6) is 0 Å². The molecule has 0 spiro atoms. The van der Waals surface area contributed by atoms with Gasteiger partial charge >= 0.3 is 0 Å². The van der Waals surface area contributed by atoms with Gasteiger partial charge in [-0.05, 0) is 31.9 Å². The second kappa shape index (κ2) is 5.05. The molecule has 21 heavy (non-hydrogen) atoms. The molecule has 2 heteroatoms. The Morgan fingerprint density at radius 1 is 0.952 bits per heavy atom. The highest BCUT2D eigenvalue weighted by Gasteiger charge is 2.34. The lowest BCUT2D eigenvalue weighted by Gasteiger charge is -2.36. The van der Waals surface area contributed by atoms with Crippen LogP contribution in [0.25, 0.3) is 11.3 Å². The fraction of sp³-hybridized carbons (Fsp3) is 0.263. The van der Waals surface area contributed by atoms with Crippen LogP contribution in [0.1, 0.15) is 36.1 Å². The zero-order chi connectivity index (χ0) is 15.0. The summed E-state index contributed by atoms with van der Waals surface area (Å²) >= 11 is 0. The summed E-state index contributed by atoms with van der Waals surface area (Å²) in [5.74, 6) is 0.791. The Labute approximate surface area is 125 Å². The van der Waals surface area contributed by atoms with Gasteiger partial charge in [-0.2, -0.15) is 0 Å². The van der Waals surface area contributed by atoms with Gasteiger partial charge in [-0.1, -0.05) is 48.5 Å². The second-order valence-electron chi connectivity index (χ2n) is 5.94. The van der Waals surface area contributed by atoms with Crippen LogP contribution in [0.2, 0.25) is 0 Å². The van der Waals surface area contributed by atoms with Crippen LogP contribution in [-0.2, 0) is 10.3 Å². The molecule has 0 amide bonds. The topological polar surface area (TPSA) is 29.5 Å². The molecule has 0 bridgehead atoms. The van der Waals surface area contributed by atoms with Gasteiger partial charge in [0.15, 0.2) is 0 Å². The maximum atomic E-state index is 9.89. The van der Waals surface area contributed by atoms with Crippen molar-refractivity contribution in [3.63, 3.8) is 0 Å². The molecule has 3 rings (SSSR count). The molecule has 1 aliphatic heterocycles. The number of aryl methyl sites for hydroxylation is 1. The number of hydrogen-bond acceptors (Lipinski definition) is 2. The summed E-state index contributed by atoms with van der Waals surface area (Å²) in [5.41, 5.74) is 4.84. The molecule has 0 saturated heterocycles. The summed E-state index contributed by atoms with van der Waals surface area (Å²) in [5, 5.41) is 9.89. The molecular weight excluding hydrogens is 260 g/mol. The first-order valence-electron chi connectivity index (χ1n) is 7.23. The minimum absolute atomic E-state index is 0.0310. The fourth-order valence-corrected chi connectivity index (χ4v) is 2.97. The van der Waals surface area contributed by atoms with Crippen molar-refractivity contribution in [1.29, 1.82) is 0 Å². The molecule has 0 atom stereocenters. The highest BCUT2D eigenvalue weighted by Crippen LogP contribution is 2.44. The number of fused-ring (bicyclic) bond motifs is 1. The Balaban J connectivity index is 2.29. The zero-order valence-electron chi connectivity index (χ0n) is 12.7. The average Bonchev–Trinajstić information content (AvgIpc) is 2.47. The minimum atomic E-state index is -0.410. The molecule has 2 aromatic carbocycles. The van der Waals surface area contributed by atoms with E-state index in [1.807, 2.05) is 30.3 Å². The van der Waals surface area contributed by atoms with E-state index in [0.29, 0.717) is 0 Å².